The normalized spacial score (nSPS) is 15.7. The van der Waals surface area contributed by atoms with E-state index in [0.29, 0.717) is 13.1 Å². The van der Waals surface area contributed by atoms with Gasteiger partial charge in [0.05, 0.1) is 24.4 Å². The number of nitrogens with one attached hydrogen (secondary N) is 4. The van der Waals surface area contributed by atoms with Crippen molar-refractivity contribution in [3.63, 3.8) is 0 Å². The zero-order valence-corrected chi connectivity index (χ0v) is 30.9. The van der Waals surface area contributed by atoms with E-state index >= 15 is 0 Å². The number of rotatable bonds is 15. The molecule has 4 heterocycles. The molecule has 0 spiro atoms. The number of hydrogen-bond acceptors (Lipinski definition) is 9. The molecule has 0 radical (unpaired) electrons. The van der Waals surface area contributed by atoms with E-state index in [1.165, 1.54) is 5.56 Å². The largest absolute Gasteiger partial charge is 0.496 e. The predicted molar refractivity (Wildman–Crippen MR) is 204 cm³/mol. The molecule has 6 rings (SSSR count). The van der Waals surface area contributed by atoms with E-state index in [0.717, 1.165) is 129 Å². The number of benzene rings is 2. The van der Waals surface area contributed by atoms with E-state index < -0.39 is 0 Å². The topological polar surface area (TPSA) is 135 Å². The highest BCUT2D eigenvalue weighted by molar-refractivity contribution is 5.92. The molecular formula is C40H54N8O4. The summed E-state index contributed by atoms with van der Waals surface area (Å²) in [4.78, 5) is 33.4. The van der Waals surface area contributed by atoms with E-state index in [2.05, 4.69) is 75.4 Å². The van der Waals surface area contributed by atoms with Crippen LogP contribution in [0.25, 0.3) is 22.2 Å². The van der Waals surface area contributed by atoms with Gasteiger partial charge in [0, 0.05) is 88.2 Å². The molecule has 2 aromatic heterocycles. The number of aryl methyl sites for hydroxylation is 2. The van der Waals surface area contributed by atoms with Crippen LogP contribution in [0.2, 0.25) is 0 Å². The van der Waals surface area contributed by atoms with Crippen LogP contribution in [0.1, 0.15) is 68.3 Å². The molecule has 2 fully saturated rings. The molecule has 2 saturated heterocycles. The Morgan fingerprint density at radius 3 is 2.56 bits per heavy atom. The molecule has 0 bridgehead atoms. The van der Waals surface area contributed by atoms with Crippen molar-refractivity contribution in [2.24, 2.45) is 0 Å². The number of amides is 2. The highest BCUT2D eigenvalue weighted by Crippen LogP contribution is 2.33. The summed E-state index contributed by atoms with van der Waals surface area (Å²) in [6.45, 7) is 12.1. The first-order valence-electron chi connectivity index (χ1n) is 18.9. The number of methoxy groups -OCH3 is 1. The molecule has 0 atom stereocenters. The number of carbonyl (C=O) groups excluding carboxylic acids is 2. The quantitative estimate of drug-likeness (QED) is 0.138. The van der Waals surface area contributed by atoms with Gasteiger partial charge in [0.25, 0.3) is 0 Å². The van der Waals surface area contributed by atoms with Crippen LogP contribution in [0.3, 0.4) is 0 Å². The maximum atomic E-state index is 13.1. The molecular weight excluding hydrogens is 656 g/mol. The molecule has 2 aliphatic heterocycles. The summed E-state index contributed by atoms with van der Waals surface area (Å²) in [5.41, 5.74) is 8.01. The molecule has 2 aliphatic rings. The Bertz CT molecular complexity index is 1810. The Labute approximate surface area is 307 Å². The fraction of sp³-hybridized carbons (Fsp3) is 0.500. The highest BCUT2D eigenvalue weighted by atomic mass is 16.5. The molecule has 12 heteroatoms. The number of nitrogens with zero attached hydrogens (tertiary/aromatic N) is 4. The summed E-state index contributed by atoms with van der Waals surface area (Å²) in [6.07, 6.45) is 5.75. The molecule has 0 unspecified atom stereocenters. The second-order valence-corrected chi connectivity index (χ2v) is 13.7. The summed E-state index contributed by atoms with van der Waals surface area (Å²) in [7, 11) is 1.68. The number of pyridine rings is 1. The third-order valence-electron chi connectivity index (χ3n) is 10.0. The first kappa shape index (κ1) is 37.2. The fourth-order valence-corrected chi connectivity index (χ4v) is 7.14. The lowest BCUT2D eigenvalue weighted by molar-refractivity contribution is -0.126. The number of ether oxygens (including phenoxy) is 2. The molecule has 2 amide bonds. The van der Waals surface area contributed by atoms with Crippen LogP contribution in [0.15, 0.2) is 48.7 Å². The first-order chi connectivity index (χ1) is 25.4. The summed E-state index contributed by atoms with van der Waals surface area (Å²) in [5, 5.41) is 18.8. The van der Waals surface area contributed by atoms with E-state index in [1.54, 1.807) is 7.11 Å². The zero-order chi connectivity index (χ0) is 36.3. The number of anilines is 1. The fourth-order valence-electron chi connectivity index (χ4n) is 7.14. The lowest BCUT2D eigenvalue weighted by Gasteiger charge is -2.26. The van der Waals surface area contributed by atoms with E-state index in [9.17, 15) is 9.59 Å². The van der Waals surface area contributed by atoms with E-state index in [-0.39, 0.29) is 30.7 Å². The maximum absolute atomic E-state index is 13.1. The second kappa shape index (κ2) is 18.3. The lowest BCUT2D eigenvalue weighted by atomic mass is 9.99. The van der Waals surface area contributed by atoms with Crippen LogP contribution in [0.5, 0.6) is 5.75 Å². The van der Waals surface area contributed by atoms with Crippen molar-refractivity contribution in [2.75, 3.05) is 51.8 Å². The van der Waals surface area contributed by atoms with Crippen molar-refractivity contribution >= 4 is 28.5 Å². The SMILES string of the molecule is CCc1nc2c(cnn2CC)c(NC2CCOCC2)c1CNC(=O)CCC(=O)NCc1ccc(OC)c(-c2cccc(CN3CCCNCC3)c2)c1. The van der Waals surface area contributed by atoms with Crippen molar-refractivity contribution in [2.45, 2.75) is 84.6 Å². The number of carbonyl (C=O) groups is 2. The van der Waals surface area contributed by atoms with Gasteiger partial charge in [-0.3, -0.25) is 14.5 Å². The Hall–Kier alpha value is -4.52. The molecule has 2 aromatic carbocycles. The second-order valence-electron chi connectivity index (χ2n) is 13.7. The highest BCUT2D eigenvalue weighted by Gasteiger charge is 2.22. The molecule has 12 nitrogen and oxygen atoms in total. The average Bonchev–Trinajstić information content (AvgIpc) is 3.42. The molecule has 52 heavy (non-hydrogen) atoms. The summed E-state index contributed by atoms with van der Waals surface area (Å²) in [6, 6.07) is 14.9. The monoisotopic (exact) mass is 710 g/mol. The van der Waals surface area contributed by atoms with Crippen LogP contribution >= 0.6 is 0 Å². The third-order valence-corrected chi connectivity index (χ3v) is 10.0. The van der Waals surface area contributed by atoms with Gasteiger partial charge in [0.15, 0.2) is 5.65 Å². The van der Waals surface area contributed by atoms with Gasteiger partial charge in [-0.2, -0.15) is 5.10 Å². The van der Waals surface area contributed by atoms with Gasteiger partial charge < -0.3 is 30.7 Å². The first-order valence-corrected chi connectivity index (χ1v) is 18.9. The lowest BCUT2D eigenvalue weighted by Crippen LogP contribution is -2.30. The molecule has 0 aliphatic carbocycles. The van der Waals surface area contributed by atoms with Crippen molar-refractivity contribution in [1.82, 2.24) is 35.6 Å². The van der Waals surface area contributed by atoms with Crippen molar-refractivity contribution < 1.29 is 19.1 Å². The van der Waals surface area contributed by atoms with Crippen LogP contribution in [-0.2, 0) is 46.9 Å². The van der Waals surface area contributed by atoms with Gasteiger partial charge in [0.2, 0.25) is 11.8 Å². The van der Waals surface area contributed by atoms with Gasteiger partial charge in [0.1, 0.15) is 5.75 Å². The smallest absolute Gasteiger partial charge is 0.220 e. The molecule has 0 saturated carbocycles. The van der Waals surface area contributed by atoms with Crippen LogP contribution in [0, 0.1) is 0 Å². The Balaban J connectivity index is 1.05. The number of aromatic nitrogens is 3. The molecule has 4 N–H and O–H groups in total. The molecule has 4 aromatic rings. The number of hydrogen-bond donors (Lipinski definition) is 4. The summed E-state index contributed by atoms with van der Waals surface area (Å²) < 4.78 is 13.2. The minimum absolute atomic E-state index is 0.0905. The Morgan fingerprint density at radius 2 is 1.79 bits per heavy atom. The zero-order valence-electron chi connectivity index (χ0n) is 30.9. The summed E-state index contributed by atoms with van der Waals surface area (Å²) in [5.74, 6) is 0.433. The minimum atomic E-state index is -0.179. The minimum Gasteiger partial charge on any atom is -0.496 e. The standard InChI is InChI=1S/C40H54N8O4/c1-4-35-33(39(45-31-14-20-52-21-15-31)34-26-44-48(5-2)40(34)46-35)25-43-38(50)13-12-37(49)42-24-28-10-11-36(51-3)32(23-28)30-9-6-8-29(22-30)27-47-18-7-16-41-17-19-47/h6,8-11,22-23,26,31,41H,4-5,7,12-21,24-25,27H2,1-3H3,(H,42,49)(H,43,50)(H,45,46). The van der Waals surface area contributed by atoms with Crippen LogP contribution < -0.4 is 26.0 Å². The van der Waals surface area contributed by atoms with Crippen LogP contribution in [0.4, 0.5) is 5.69 Å². The van der Waals surface area contributed by atoms with Gasteiger partial charge in [-0.1, -0.05) is 31.2 Å². The van der Waals surface area contributed by atoms with Gasteiger partial charge in [-0.25, -0.2) is 9.67 Å². The van der Waals surface area contributed by atoms with Gasteiger partial charge in [-0.05, 0) is 80.6 Å². The Morgan fingerprint density at radius 1 is 0.981 bits per heavy atom. The molecule has 278 valence electrons. The predicted octanol–water partition coefficient (Wildman–Crippen LogP) is 4.79. The maximum Gasteiger partial charge on any atom is 0.220 e. The van der Waals surface area contributed by atoms with Crippen LogP contribution in [-0.4, -0.2) is 84.0 Å². The average molecular weight is 711 g/mol. The number of fused-ring (bicyclic) bond motifs is 1. The third kappa shape index (κ3) is 9.47. The van der Waals surface area contributed by atoms with E-state index in [1.807, 2.05) is 23.0 Å². The van der Waals surface area contributed by atoms with Gasteiger partial charge in [-0.15, -0.1) is 0 Å². The van der Waals surface area contributed by atoms with Crippen molar-refractivity contribution in [3.8, 4) is 16.9 Å². The van der Waals surface area contributed by atoms with Crippen molar-refractivity contribution in [3.05, 3.63) is 71.0 Å². The van der Waals surface area contributed by atoms with E-state index in [4.69, 9.17) is 14.5 Å². The van der Waals surface area contributed by atoms with Gasteiger partial charge >= 0.3 is 0 Å². The Kier molecular flexibility index (Phi) is 13.1. The summed E-state index contributed by atoms with van der Waals surface area (Å²) >= 11 is 0. The van der Waals surface area contributed by atoms with Crippen molar-refractivity contribution in [1.29, 1.82) is 0 Å².